The number of hydrogen-bond acceptors (Lipinski definition) is 3. The van der Waals surface area contributed by atoms with Crippen LogP contribution in [-0.4, -0.2) is 31.9 Å². The Bertz CT molecular complexity index is 413. The van der Waals surface area contributed by atoms with Crippen LogP contribution in [0.5, 0.6) is 0 Å². The van der Waals surface area contributed by atoms with Crippen LogP contribution in [0.4, 0.5) is 0 Å². The standard InChI is InChI=1S/C15H21NO2/c1-15(7-9-17-11-15)16-10-14-13-5-3-2-4-12(13)6-8-18-14/h2-5,14,16H,6-11H2,1H3. The Morgan fingerprint density at radius 1 is 1.33 bits per heavy atom. The fourth-order valence-electron chi connectivity index (χ4n) is 2.79. The van der Waals surface area contributed by atoms with Crippen molar-refractivity contribution in [2.45, 2.75) is 31.4 Å². The highest BCUT2D eigenvalue weighted by molar-refractivity contribution is 5.31. The Labute approximate surface area is 108 Å². The zero-order valence-corrected chi connectivity index (χ0v) is 10.9. The molecule has 3 rings (SSSR count). The highest BCUT2D eigenvalue weighted by atomic mass is 16.5. The van der Waals surface area contributed by atoms with E-state index in [1.807, 2.05) is 0 Å². The molecule has 3 nitrogen and oxygen atoms in total. The number of ether oxygens (including phenoxy) is 2. The van der Waals surface area contributed by atoms with Crippen molar-refractivity contribution in [2.24, 2.45) is 0 Å². The van der Waals surface area contributed by atoms with Gasteiger partial charge in [0, 0.05) is 18.7 Å². The first kappa shape index (κ1) is 12.2. The van der Waals surface area contributed by atoms with E-state index in [0.29, 0.717) is 0 Å². The molecule has 3 heteroatoms. The smallest absolute Gasteiger partial charge is 0.0952 e. The van der Waals surface area contributed by atoms with Crippen LogP contribution in [-0.2, 0) is 15.9 Å². The van der Waals surface area contributed by atoms with Crippen molar-refractivity contribution in [3.8, 4) is 0 Å². The molecule has 98 valence electrons. The zero-order chi connectivity index (χ0) is 12.4. The molecular formula is C15H21NO2. The Kier molecular flexibility index (Phi) is 3.37. The summed E-state index contributed by atoms with van der Waals surface area (Å²) in [5, 5.41) is 3.62. The van der Waals surface area contributed by atoms with E-state index in [2.05, 4.69) is 36.5 Å². The number of benzene rings is 1. The molecule has 0 aliphatic carbocycles. The molecule has 18 heavy (non-hydrogen) atoms. The summed E-state index contributed by atoms with van der Waals surface area (Å²) in [6.07, 6.45) is 2.31. The molecule has 1 aromatic rings. The molecule has 0 aromatic heterocycles. The molecule has 1 aromatic carbocycles. The molecule has 0 amide bonds. The second kappa shape index (κ2) is 5.00. The zero-order valence-electron chi connectivity index (χ0n) is 10.9. The lowest BCUT2D eigenvalue weighted by atomic mass is 9.96. The minimum absolute atomic E-state index is 0.121. The Hall–Kier alpha value is -0.900. The van der Waals surface area contributed by atoms with Gasteiger partial charge in [-0.25, -0.2) is 0 Å². The maximum absolute atomic E-state index is 5.91. The molecule has 2 aliphatic heterocycles. The lowest BCUT2D eigenvalue weighted by Gasteiger charge is -2.30. The summed E-state index contributed by atoms with van der Waals surface area (Å²) < 4.78 is 11.4. The minimum Gasteiger partial charge on any atom is -0.379 e. The largest absolute Gasteiger partial charge is 0.379 e. The molecule has 2 unspecified atom stereocenters. The van der Waals surface area contributed by atoms with Gasteiger partial charge in [-0.1, -0.05) is 24.3 Å². The van der Waals surface area contributed by atoms with Crippen molar-refractivity contribution in [1.82, 2.24) is 5.32 Å². The summed E-state index contributed by atoms with van der Waals surface area (Å²) in [5.74, 6) is 0. The maximum Gasteiger partial charge on any atom is 0.0952 e. The van der Waals surface area contributed by atoms with Gasteiger partial charge in [-0.15, -0.1) is 0 Å². The van der Waals surface area contributed by atoms with Gasteiger partial charge in [-0.2, -0.15) is 0 Å². The fourth-order valence-corrected chi connectivity index (χ4v) is 2.79. The van der Waals surface area contributed by atoms with Crippen LogP contribution in [0.1, 0.15) is 30.6 Å². The molecule has 1 fully saturated rings. The van der Waals surface area contributed by atoms with Crippen LogP contribution in [0, 0.1) is 0 Å². The van der Waals surface area contributed by atoms with E-state index < -0.39 is 0 Å². The molecule has 2 atom stereocenters. The third kappa shape index (κ3) is 2.44. The predicted octanol–water partition coefficient (Wildman–Crippen LogP) is 2.07. The van der Waals surface area contributed by atoms with E-state index in [1.54, 1.807) is 0 Å². The van der Waals surface area contributed by atoms with Crippen LogP contribution in [0.15, 0.2) is 24.3 Å². The third-order valence-electron chi connectivity index (χ3n) is 4.03. The number of nitrogens with one attached hydrogen (secondary N) is 1. The minimum atomic E-state index is 0.121. The maximum atomic E-state index is 5.91. The average Bonchev–Trinajstić information content (AvgIpc) is 2.84. The monoisotopic (exact) mass is 247 g/mol. The quantitative estimate of drug-likeness (QED) is 0.887. The SMILES string of the molecule is CC1(NCC2OCCc3ccccc32)CCOC1. The van der Waals surface area contributed by atoms with Gasteiger partial charge in [-0.3, -0.25) is 0 Å². The molecule has 2 aliphatic rings. The second-order valence-electron chi connectivity index (χ2n) is 5.55. The average molecular weight is 247 g/mol. The van der Waals surface area contributed by atoms with Crippen LogP contribution < -0.4 is 5.32 Å². The molecule has 0 bridgehead atoms. The van der Waals surface area contributed by atoms with E-state index in [-0.39, 0.29) is 11.6 Å². The molecule has 0 saturated carbocycles. The Morgan fingerprint density at radius 2 is 2.22 bits per heavy atom. The van der Waals surface area contributed by atoms with E-state index in [4.69, 9.17) is 9.47 Å². The Balaban J connectivity index is 1.67. The summed E-state index contributed by atoms with van der Waals surface area (Å²) in [7, 11) is 0. The summed E-state index contributed by atoms with van der Waals surface area (Å²) in [6.45, 7) is 5.61. The van der Waals surface area contributed by atoms with Crippen LogP contribution in [0.2, 0.25) is 0 Å². The van der Waals surface area contributed by atoms with E-state index in [0.717, 1.165) is 39.2 Å². The first-order valence-electron chi connectivity index (χ1n) is 6.79. The first-order chi connectivity index (χ1) is 8.77. The molecular weight excluding hydrogens is 226 g/mol. The highest BCUT2D eigenvalue weighted by Gasteiger charge is 2.31. The van der Waals surface area contributed by atoms with Crippen LogP contribution in [0.25, 0.3) is 0 Å². The summed E-state index contributed by atoms with van der Waals surface area (Å²) in [6, 6.07) is 8.61. The summed E-state index contributed by atoms with van der Waals surface area (Å²) >= 11 is 0. The number of rotatable bonds is 3. The molecule has 0 radical (unpaired) electrons. The highest BCUT2D eigenvalue weighted by Crippen LogP contribution is 2.27. The summed E-state index contributed by atoms with van der Waals surface area (Å²) in [4.78, 5) is 0. The molecule has 1 saturated heterocycles. The summed E-state index contributed by atoms with van der Waals surface area (Å²) in [5.41, 5.74) is 2.90. The van der Waals surface area contributed by atoms with Crippen molar-refractivity contribution >= 4 is 0 Å². The number of fused-ring (bicyclic) bond motifs is 1. The van der Waals surface area contributed by atoms with Crippen molar-refractivity contribution in [2.75, 3.05) is 26.4 Å². The van der Waals surface area contributed by atoms with Gasteiger partial charge in [0.1, 0.15) is 0 Å². The van der Waals surface area contributed by atoms with E-state index in [1.165, 1.54) is 11.1 Å². The van der Waals surface area contributed by atoms with Gasteiger partial charge in [0.05, 0.1) is 19.3 Å². The van der Waals surface area contributed by atoms with Crippen molar-refractivity contribution < 1.29 is 9.47 Å². The van der Waals surface area contributed by atoms with E-state index in [9.17, 15) is 0 Å². The van der Waals surface area contributed by atoms with Gasteiger partial charge in [0.2, 0.25) is 0 Å². The van der Waals surface area contributed by atoms with Crippen molar-refractivity contribution in [3.63, 3.8) is 0 Å². The van der Waals surface area contributed by atoms with Gasteiger partial charge >= 0.3 is 0 Å². The fraction of sp³-hybridized carbons (Fsp3) is 0.600. The lowest BCUT2D eigenvalue weighted by Crippen LogP contribution is -2.45. The predicted molar refractivity (Wildman–Crippen MR) is 70.7 cm³/mol. The molecule has 1 N–H and O–H groups in total. The second-order valence-corrected chi connectivity index (χ2v) is 5.55. The topological polar surface area (TPSA) is 30.5 Å². The van der Waals surface area contributed by atoms with Crippen molar-refractivity contribution in [1.29, 1.82) is 0 Å². The van der Waals surface area contributed by atoms with Crippen LogP contribution in [0.3, 0.4) is 0 Å². The third-order valence-corrected chi connectivity index (χ3v) is 4.03. The number of hydrogen-bond donors (Lipinski definition) is 1. The van der Waals surface area contributed by atoms with E-state index >= 15 is 0 Å². The lowest BCUT2D eigenvalue weighted by molar-refractivity contribution is 0.0362. The first-order valence-corrected chi connectivity index (χ1v) is 6.79. The van der Waals surface area contributed by atoms with Gasteiger partial charge in [0.25, 0.3) is 0 Å². The molecule has 0 spiro atoms. The normalized spacial score (nSPS) is 31.3. The van der Waals surface area contributed by atoms with Gasteiger partial charge < -0.3 is 14.8 Å². The van der Waals surface area contributed by atoms with Gasteiger partial charge in [0.15, 0.2) is 0 Å². The molecule has 2 heterocycles. The van der Waals surface area contributed by atoms with Gasteiger partial charge in [-0.05, 0) is 30.9 Å². The van der Waals surface area contributed by atoms with Crippen molar-refractivity contribution in [3.05, 3.63) is 35.4 Å². The Morgan fingerprint density at radius 3 is 3.06 bits per heavy atom. The van der Waals surface area contributed by atoms with Crippen LogP contribution >= 0.6 is 0 Å².